The van der Waals surface area contributed by atoms with Crippen molar-refractivity contribution in [3.8, 4) is 0 Å². The van der Waals surface area contributed by atoms with E-state index in [0.29, 0.717) is 6.61 Å². The Labute approximate surface area is 148 Å². The molecular weight excluding hydrogens is 330 g/mol. The van der Waals surface area contributed by atoms with Crippen molar-refractivity contribution < 1.29 is 33.6 Å². The normalized spacial score (nSPS) is 39.9. The molecule has 0 saturated carbocycles. The summed E-state index contributed by atoms with van der Waals surface area (Å²) >= 11 is 0. The lowest BCUT2D eigenvalue weighted by atomic mass is 9.96. The molecule has 0 spiro atoms. The van der Waals surface area contributed by atoms with Crippen molar-refractivity contribution in [1.29, 1.82) is 0 Å². The zero-order valence-corrected chi connectivity index (χ0v) is 15.7. The largest absolute Gasteiger partial charge is 0.480 e. The number of hydrogen-bond donors (Lipinski definition) is 2. The third-order valence-corrected chi connectivity index (χ3v) is 4.78. The number of rotatable bonds is 5. The minimum Gasteiger partial charge on any atom is -0.480 e. The Kier molecular flexibility index (Phi) is 4.67. The third kappa shape index (κ3) is 3.56. The van der Waals surface area contributed by atoms with Gasteiger partial charge in [-0.3, -0.25) is 10.1 Å². The number of nitrogens with one attached hydrogen (secondary N) is 1. The van der Waals surface area contributed by atoms with Gasteiger partial charge in [-0.25, -0.2) is 0 Å². The molecule has 0 aromatic carbocycles. The SMILES string of the molecule is CC(C)[C@H](NC[C@@]12OC[C@H]3OC(C)(C)O[C@H]3[C@@H]1OC(C)(C)O2)C(=O)O. The van der Waals surface area contributed by atoms with E-state index in [-0.39, 0.29) is 24.7 Å². The van der Waals surface area contributed by atoms with Crippen LogP contribution in [0.1, 0.15) is 41.5 Å². The molecule has 3 fully saturated rings. The molecule has 2 N–H and O–H groups in total. The van der Waals surface area contributed by atoms with Crippen LogP contribution in [0.2, 0.25) is 0 Å². The molecule has 3 aliphatic rings. The lowest BCUT2D eigenvalue weighted by Gasteiger charge is -2.41. The lowest BCUT2D eigenvalue weighted by molar-refractivity contribution is -0.278. The first-order chi connectivity index (χ1) is 11.4. The Bertz CT molecular complexity index is 535. The van der Waals surface area contributed by atoms with Crippen molar-refractivity contribution in [2.45, 2.75) is 83.3 Å². The number of carboxylic acids is 1. The van der Waals surface area contributed by atoms with Crippen LogP contribution < -0.4 is 5.32 Å². The van der Waals surface area contributed by atoms with Crippen LogP contribution in [0.3, 0.4) is 0 Å². The summed E-state index contributed by atoms with van der Waals surface area (Å²) in [5, 5.41) is 12.5. The summed E-state index contributed by atoms with van der Waals surface area (Å²) < 4.78 is 30.1. The molecule has 8 heteroatoms. The van der Waals surface area contributed by atoms with Crippen LogP contribution in [-0.4, -0.2) is 65.9 Å². The summed E-state index contributed by atoms with van der Waals surface area (Å²) in [5.74, 6) is -3.69. The van der Waals surface area contributed by atoms with Crippen LogP contribution in [0.5, 0.6) is 0 Å². The number of ether oxygens (including phenoxy) is 5. The molecule has 3 heterocycles. The average molecular weight is 359 g/mol. The first-order valence-electron chi connectivity index (χ1n) is 8.78. The second kappa shape index (κ2) is 6.14. The van der Waals surface area contributed by atoms with Crippen LogP contribution in [0.15, 0.2) is 0 Å². The minimum atomic E-state index is -1.11. The van der Waals surface area contributed by atoms with E-state index in [1.807, 2.05) is 41.5 Å². The van der Waals surface area contributed by atoms with Gasteiger partial charge in [-0.2, -0.15) is 0 Å². The fourth-order valence-electron chi connectivity index (χ4n) is 3.84. The van der Waals surface area contributed by atoms with E-state index in [0.717, 1.165) is 0 Å². The van der Waals surface area contributed by atoms with E-state index in [9.17, 15) is 9.90 Å². The Morgan fingerprint density at radius 2 is 1.84 bits per heavy atom. The summed E-state index contributed by atoms with van der Waals surface area (Å²) in [4.78, 5) is 11.5. The Morgan fingerprint density at radius 3 is 2.44 bits per heavy atom. The van der Waals surface area contributed by atoms with Gasteiger partial charge in [-0.1, -0.05) is 13.8 Å². The van der Waals surface area contributed by atoms with Crippen molar-refractivity contribution in [1.82, 2.24) is 5.32 Å². The summed E-state index contributed by atoms with van der Waals surface area (Å²) in [6.45, 7) is 11.5. The van der Waals surface area contributed by atoms with Crippen molar-refractivity contribution in [3.05, 3.63) is 0 Å². The van der Waals surface area contributed by atoms with Gasteiger partial charge in [-0.05, 0) is 33.6 Å². The van der Waals surface area contributed by atoms with E-state index in [1.165, 1.54) is 0 Å². The van der Waals surface area contributed by atoms with Gasteiger partial charge < -0.3 is 28.8 Å². The Morgan fingerprint density at radius 1 is 1.16 bits per heavy atom. The van der Waals surface area contributed by atoms with Gasteiger partial charge in [0.2, 0.25) is 5.79 Å². The number of aliphatic carboxylic acids is 1. The average Bonchev–Trinajstić information content (AvgIpc) is 2.90. The molecule has 144 valence electrons. The number of hydrogen-bond acceptors (Lipinski definition) is 7. The van der Waals surface area contributed by atoms with Gasteiger partial charge in [0.25, 0.3) is 0 Å². The zero-order valence-electron chi connectivity index (χ0n) is 15.7. The molecular formula is C17H29NO7. The quantitative estimate of drug-likeness (QED) is 0.753. The van der Waals surface area contributed by atoms with Crippen molar-refractivity contribution in [2.75, 3.05) is 13.2 Å². The number of carbonyl (C=O) groups is 1. The fraction of sp³-hybridized carbons (Fsp3) is 0.941. The van der Waals surface area contributed by atoms with Crippen LogP contribution >= 0.6 is 0 Å². The summed E-state index contributed by atoms with van der Waals surface area (Å²) in [7, 11) is 0. The topological polar surface area (TPSA) is 95.5 Å². The first kappa shape index (κ1) is 19.0. The van der Waals surface area contributed by atoms with Crippen molar-refractivity contribution in [2.24, 2.45) is 5.92 Å². The van der Waals surface area contributed by atoms with E-state index in [1.54, 1.807) is 0 Å². The molecule has 8 nitrogen and oxygen atoms in total. The monoisotopic (exact) mass is 359 g/mol. The van der Waals surface area contributed by atoms with Gasteiger partial charge in [0.05, 0.1) is 13.2 Å². The van der Waals surface area contributed by atoms with Crippen LogP contribution in [0.4, 0.5) is 0 Å². The van der Waals surface area contributed by atoms with E-state index in [2.05, 4.69) is 5.32 Å². The van der Waals surface area contributed by atoms with Crippen molar-refractivity contribution >= 4 is 5.97 Å². The molecule has 0 amide bonds. The van der Waals surface area contributed by atoms with Gasteiger partial charge in [0.1, 0.15) is 24.4 Å². The summed E-state index contributed by atoms with van der Waals surface area (Å²) in [6, 6.07) is -0.708. The zero-order chi connectivity index (χ0) is 18.6. The van der Waals surface area contributed by atoms with Gasteiger partial charge >= 0.3 is 5.97 Å². The van der Waals surface area contributed by atoms with Gasteiger partial charge in [0, 0.05) is 0 Å². The van der Waals surface area contributed by atoms with Gasteiger partial charge in [-0.15, -0.1) is 0 Å². The Hall–Kier alpha value is -0.770. The standard InChI is InChI=1S/C17H29NO7/c1-9(2)11(14(19)20)18-8-17-13(24-16(5,6)25-17)12-10(7-21-17)22-15(3,4)23-12/h9-13,18H,7-8H2,1-6H3,(H,19,20)/t10-,11+,12-,13+,17+/m1/s1. The molecule has 5 atom stereocenters. The second-order valence-corrected chi connectivity index (χ2v) is 8.24. The highest BCUT2D eigenvalue weighted by atomic mass is 16.9. The van der Waals surface area contributed by atoms with Crippen molar-refractivity contribution in [3.63, 3.8) is 0 Å². The predicted octanol–water partition coefficient (Wildman–Crippen LogP) is 1.08. The maximum absolute atomic E-state index is 11.5. The predicted molar refractivity (Wildman–Crippen MR) is 86.8 cm³/mol. The third-order valence-electron chi connectivity index (χ3n) is 4.78. The van der Waals surface area contributed by atoms with Crippen LogP contribution in [-0.2, 0) is 28.5 Å². The molecule has 25 heavy (non-hydrogen) atoms. The molecule has 0 aromatic heterocycles. The first-order valence-corrected chi connectivity index (χ1v) is 8.78. The molecule has 0 unspecified atom stereocenters. The Balaban J connectivity index is 1.81. The molecule has 3 rings (SSSR count). The molecule has 0 aliphatic carbocycles. The van der Waals surface area contributed by atoms with Gasteiger partial charge in [0.15, 0.2) is 11.6 Å². The van der Waals surface area contributed by atoms with E-state index >= 15 is 0 Å². The van der Waals surface area contributed by atoms with E-state index < -0.39 is 35.5 Å². The van der Waals surface area contributed by atoms with Crippen LogP contribution in [0, 0.1) is 5.92 Å². The number of carboxylic acid groups (broad SMARTS) is 1. The number of fused-ring (bicyclic) bond motifs is 3. The molecule has 0 radical (unpaired) electrons. The van der Waals surface area contributed by atoms with E-state index in [4.69, 9.17) is 23.7 Å². The maximum Gasteiger partial charge on any atom is 0.320 e. The lowest BCUT2D eigenvalue weighted by Crippen LogP contribution is -2.63. The summed E-state index contributed by atoms with van der Waals surface area (Å²) in [6.07, 6.45) is -1.10. The molecule has 0 bridgehead atoms. The highest BCUT2D eigenvalue weighted by Gasteiger charge is 2.65. The highest BCUT2D eigenvalue weighted by molar-refractivity contribution is 5.73. The molecule has 3 saturated heterocycles. The molecule has 0 aromatic rings. The summed E-state index contributed by atoms with van der Waals surface area (Å²) in [5.41, 5.74) is 0. The highest BCUT2D eigenvalue weighted by Crippen LogP contribution is 2.47. The smallest absolute Gasteiger partial charge is 0.320 e. The second-order valence-electron chi connectivity index (χ2n) is 8.24. The fourth-order valence-corrected chi connectivity index (χ4v) is 3.84. The van der Waals surface area contributed by atoms with Crippen LogP contribution in [0.25, 0.3) is 0 Å². The maximum atomic E-state index is 11.5. The minimum absolute atomic E-state index is 0.0796. The molecule has 3 aliphatic heterocycles.